The fourth-order valence-electron chi connectivity index (χ4n) is 3.38. The predicted molar refractivity (Wildman–Crippen MR) is 136 cm³/mol. The van der Waals surface area contributed by atoms with Gasteiger partial charge in [0.1, 0.15) is 22.6 Å². The molecule has 0 saturated heterocycles. The Hall–Kier alpha value is -3.91. The molecule has 0 unspecified atom stereocenters. The van der Waals surface area contributed by atoms with Crippen LogP contribution in [-0.4, -0.2) is 24.5 Å². The number of esters is 1. The summed E-state index contributed by atoms with van der Waals surface area (Å²) in [5.74, 6) is -0.449. The maximum absolute atomic E-state index is 12.3. The summed E-state index contributed by atoms with van der Waals surface area (Å²) < 4.78 is 16.9. The predicted octanol–water partition coefficient (Wildman–Crippen LogP) is 5.35. The van der Waals surface area contributed by atoms with Gasteiger partial charge in [-0.2, -0.15) is 0 Å². The summed E-state index contributed by atoms with van der Waals surface area (Å²) >= 11 is 3.48. The van der Waals surface area contributed by atoms with Crippen molar-refractivity contribution in [3.63, 3.8) is 0 Å². The molecular formula is C27H22BrNO6. The lowest BCUT2D eigenvalue weighted by molar-refractivity contribution is -0.136. The largest absolute Gasteiger partial charge is 0.481 e. The molecule has 1 heterocycles. The maximum Gasteiger partial charge on any atom is 0.349 e. The molecule has 4 rings (SSSR count). The highest BCUT2D eigenvalue weighted by molar-refractivity contribution is 9.10. The molecule has 0 atom stereocenters. The van der Waals surface area contributed by atoms with Crippen LogP contribution in [0, 0.1) is 0 Å². The zero-order valence-corrected chi connectivity index (χ0v) is 20.6. The third-order valence-electron chi connectivity index (χ3n) is 4.99. The highest BCUT2D eigenvalue weighted by atomic mass is 79.9. The van der Waals surface area contributed by atoms with Gasteiger partial charge in [-0.3, -0.25) is 4.79 Å². The van der Waals surface area contributed by atoms with E-state index >= 15 is 0 Å². The molecule has 0 bridgehead atoms. The van der Waals surface area contributed by atoms with E-state index < -0.39 is 17.5 Å². The molecule has 0 aliphatic heterocycles. The number of nitrogens with one attached hydrogen (secondary N) is 1. The van der Waals surface area contributed by atoms with E-state index in [9.17, 15) is 14.4 Å². The molecule has 35 heavy (non-hydrogen) atoms. The van der Waals surface area contributed by atoms with Gasteiger partial charge in [-0.1, -0.05) is 36.4 Å². The van der Waals surface area contributed by atoms with Crippen molar-refractivity contribution in [1.82, 2.24) is 5.32 Å². The van der Waals surface area contributed by atoms with Crippen molar-refractivity contribution >= 4 is 38.8 Å². The van der Waals surface area contributed by atoms with E-state index in [0.717, 1.165) is 11.1 Å². The van der Waals surface area contributed by atoms with Crippen LogP contribution < -0.4 is 20.4 Å². The number of fused-ring (bicyclic) bond motifs is 1. The van der Waals surface area contributed by atoms with E-state index in [1.165, 1.54) is 12.1 Å². The standard InChI is InChI=1S/C27H22BrNO6/c1-16(2)29-26(31)21-12-19-8-10-20(14-24(19)35-27(21)32)34-25(30)15-33-23-11-9-18(13-22(23)28)17-6-4-3-5-7-17/h3-14,16H,15H2,1-2H3,(H,29,31). The summed E-state index contributed by atoms with van der Waals surface area (Å²) in [6.45, 7) is 3.27. The lowest BCUT2D eigenvalue weighted by Crippen LogP contribution is -2.33. The van der Waals surface area contributed by atoms with Gasteiger partial charge in [0.2, 0.25) is 0 Å². The van der Waals surface area contributed by atoms with Crippen molar-refractivity contribution in [1.29, 1.82) is 0 Å². The highest BCUT2D eigenvalue weighted by Crippen LogP contribution is 2.30. The molecular weight excluding hydrogens is 514 g/mol. The number of benzene rings is 3. The fraction of sp³-hybridized carbons (Fsp3) is 0.148. The Balaban J connectivity index is 1.41. The number of hydrogen-bond donors (Lipinski definition) is 1. The average Bonchev–Trinajstić information content (AvgIpc) is 2.83. The van der Waals surface area contributed by atoms with Crippen LogP contribution in [-0.2, 0) is 4.79 Å². The summed E-state index contributed by atoms with van der Waals surface area (Å²) in [6, 6.07) is 21.4. The molecule has 178 valence electrons. The molecule has 3 aromatic carbocycles. The van der Waals surface area contributed by atoms with E-state index in [0.29, 0.717) is 15.6 Å². The van der Waals surface area contributed by atoms with Crippen LogP contribution in [0.5, 0.6) is 11.5 Å². The molecule has 0 fully saturated rings. The van der Waals surface area contributed by atoms with Gasteiger partial charge in [0, 0.05) is 17.5 Å². The monoisotopic (exact) mass is 535 g/mol. The third kappa shape index (κ3) is 5.96. The van der Waals surface area contributed by atoms with E-state index in [1.807, 2.05) is 42.5 Å². The number of amides is 1. The SMILES string of the molecule is CC(C)NC(=O)c1cc2ccc(OC(=O)COc3ccc(-c4ccccc4)cc3Br)cc2oc1=O. The molecule has 0 aliphatic carbocycles. The molecule has 0 saturated carbocycles. The van der Waals surface area contributed by atoms with E-state index in [4.69, 9.17) is 13.9 Å². The molecule has 1 aromatic heterocycles. The Morgan fingerprint density at radius 1 is 0.971 bits per heavy atom. The normalized spacial score (nSPS) is 10.9. The van der Waals surface area contributed by atoms with Crippen molar-refractivity contribution in [2.24, 2.45) is 0 Å². The molecule has 0 radical (unpaired) electrons. The van der Waals surface area contributed by atoms with Crippen LogP contribution in [0.4, 0.5) is 0 Å². The number of carbonyl (C=O) groups is 2. The Labute approximate surface area is 209 Å². The van der Waals surface area contributed by atoms with Gasteiger partial charge in [-0.15, -0.1) is 0 Å². The zero-order valence-electron chi connectivity index (χ0n) is 19.0. The second kappa shape index (κ2) is 10.6. The van der Waals surface area contributed by atoms with Crippen molar-refractivity contribution in [2.45, 2.75) is 19.9 Å². The topological polar surface area (TPSA) is 94.8 Å². The van der Waals surface area contributed by atoms with Crippen LogP contribution in [0.25, 0.3) is 22.1 Å². The van der Waals surface area contributed by atoms with Gasteiger partial charge < -0.3 is 19.2 Å². The van der Waals surface area contributed by atoms with Gasteiger partial charge in [-0.25, -0.2) is 9.59 Å². The molecule has 4 aromatic rings. The minimum Gasteiger partial charge on any atom is -0.481 e. The summed E-state index contributed by atoms with van der Waals surface area (Å²) in [4.78, 5) is 36.7. The van der Waals surface area contributed by atoms with Crippen LogP contribution in [0.2, 0.25) is 0 Å². The summed E-state index contributed by atoms with van der Waals surface area (Å²) in [5.41, 5.74) is 1.41. The average molecular weight is 536 g/mol. The lowest BCUT2D eigenvalue weighted by atomic mass is 10.1. The van der Waals surface area contributed by atoms with Crippen LogP contribution >= 0.6 is 15.9 Å². The molecule has 1 N–H and O–H groups in total. The Kier molecular flexibility index (Phi) is 7.31. The quantitative estimate of drug-likeness (QED) is 0.195. The lowest BCUT2D eigenvalue weighted by Gasteiger charge is -2.10. The second-order valence-corrected chi connectivity index (χ2v) is 8.90. The van der Waals surface area contributed by atoms with Crippen molar-refractivity contribution in [3.8, 4) is 22.6 Å². The highest BCUT2D eigenvalue weighted by Gasteiger charge is 2.16. The first kappa shape index (κ1) is 24.2. The number of carbonyl (C=O) groups excluding carboxylic acids is 2. The van der Waals surface area contributed by atoms with Crippen LogP contribution in [0.3, 0.4) is 0 Å². The second-order valence-electron chi connectivity index (χ2n) is 8.05. The van der Waals surface area contributed by atoms with Gasteiger partial charge >= 0.3 is 11.6 Å². The number of ether oxygens (including phenoxy) is 2. The number of rotatable bonds is 7. The van der Waals surface area contributed by atoms with E-state index in [-0.39, 0.29) is 29.5 Å². The van der Waals surface area contributed by atoms with E-state index in [2.05, 4.69) is 21.2 Å². The summed E-state index contributed by atoms with van der Waals surface area (Å²) in [7, 11) is 0. The first-order chi connectivity index (χ1) is 16.8. The van der Waals surface area contributed by atoms with Crippen LogP contribution in [0.1, 0.15) is 24.2 Å². The zero-order chi connectivity index (χ0) is 24.9. The fourth-order valence-corrected chi connectivity index (χ4v) is 3.87. The molecule has 1 amide bonds. The molecule has 7 nitrogen and oxygen atoms in total. The van der Waals surface area contributed by atoms with Gasteiger partial charge in [0.15, 0.2) is 6.61 Å². The van der Waals surface area contributed by atoms with E-state index in [1.54, 1.807) is 32.0 Å². The van der Waals surface area contributed by atoms with Crippen LogP contribution in [0.15, 0.2) is 86.5 Å². The molecule has 0 spiro atoms. The Bertz CT molecular complexity index is 1450. The summed E-state index contributed by atoms with van der Waals surface area (Å²) in [6.07, 6.45) is 0. The van der Waals surface area contributed by atoms with Gasteiger partial charge in [-0.05, 0) is 71.2 Å². The first-order valence-electron chi connectivity index (χ1n) is 10.9. The van der Waals surface area contributed by atoms with Crippen molar-refractivity contribution in [3.05, 3.63) is 93.3 Å². The minimum atomic E-state index is -0.772. The number of halogens is 1. The van der Waals surface area contributed by atoms with Crippen molar-refractivity contribution in [2.75, 3.05) is 6.61 Å². The minimum absolute atomic E-state index is 0.0896. The molecule has 8 heteroatoms. The smallest absolute Gasteiger partial charge is 0.349 e. The Morgan fingerprint density at radius 3 is 2.46 bits per heavy atom. The summed E-state index contributed by atoms with van der Waals surface area (Å²) in [5, 5.41) is 3.18. The third-order valence-corrected chi connectivity index (χ3v) is 5.61. The first-order valence-corrected chi connectivity index (χ1v) is 11.7. The maximum atomic E-state index is 12.3. The van der Waals surface area contributed by atoms with Gasteiger partial charge in [0.25, 0.3) is 5.91 Å². The Morgan fingerprint density at radius 2 is 1.74 bits per heavy atom. The van der Waals surface area contributed by atoms with Crippen molar-refractivity contribution < 1.29 is 23.5 Å². The van der Waals surface area contributed by atoms with Gasteiger partial charge in [0.05, 0.1) is 4.47 Å². The number of hydrogen-bond acceptors (Lipinski definition) is 6. The molecule has 0 aliphatic rings.